The maximum Gasteiger partial charge on any atom is 0.276 e. The molecule has 0 aliphatic rings. The number of hydrogen-bond donors (Lipinski definition) is 7. The van der Waals surface area contributed by atoms with Gasteiger partial charge in [0.2, 0.25) is 5.91 Å². The molecule has 244 valence electrons. The highest BCUT2D eigenvalue weighted by atomic mass is 16.7. The SMILES string of the molecule is CCCCCCCCCCCCN(CCO)C(O)(O)CC.CCCCCCCCCCCCNCCC(O)(O)O. The first-order chi connectivity index (χ1) is 19.1. The zero-order chi connectivity index (χ0) is 30.4. The van der Waals surface area contributed by atoms with Crippen LogP contribution < -0.4 is 5.32 Å². The van der Waals surface area contributed by atoms with Gasteiger partial charge in [-0.2, -0.15) is 0 Å². The van der Waals surface area contributed by atoms with E-state index in [1.54, 1.807) is 11.8 Å². The predicted molar refractivity (Wildman–Crippen MR) is 167 cm³/mol. The van der Waals surface area contributed by atoms with E-state index in [4.69, 9.17) is 20.4 Å². The van der Waals surface area contributed by atoms with Gasteiger partial charge in [-0.15, -0.1) is 0 Å². The van der Waals surface area contributed by atoms with Crippen LogP contribution in [0, 0.1) is 0 Å². The van der Waals surface area contributed by atoms with Crippen molar-refractivity contribution in [1.29, 1.82) is 0 Å². The molecular formula is C32H70N2O6. The number of aliphatic hydroxyl groups is 6. The van der Waals surface area contributed by atoms with E-state index in [9.17, 15) is 10.2 Å². The molecule has 8 heteroatoms. The fourth-order valence-corrected chi connectivity index (χ4v) is 4.72. The molecule has 0 aromatic carbocycles. The molecule has 0 saturated carbocycles. The summed E-state index contributed by atoms with van der Waals surface area (Å²) in [6.45, 7) is 8.45. The smallest absolute Gasteiger partial charge is 0.276 e. The van der Waals surface area contributed by atoms with Crippen LogP contribution in [0.5, 0.6) is 0 Å². The fraction of sp³-hybridized carbons (Fsp3) is 1.00. The number of nitrogens with zero attached hydrogens (tertiary/aromatic N) is 1. The first-order valence-corrected chi connectivity index (χ1v) is 16.8. The minimum Gasteiger partial charge on any atom is -0.395 e. The Labute approximate surface area is 247 Å². The van der Waals surface area contributed by atoms with Gasteiger partial charge in [-0.25, -0.2) is 0 Å². The van der Waals surface area contributed by atoms with Crippen molar-refractivity contribution in [2.75, 3.05) is 32.8 Å². The summed E-state index contributed by atoms with van der Waals surface area (Å²) in [4.78, 5) is 1.57. The van der Waals surface area contributed by atoms with Gasteiger partial charge in [0, 0.05) is 32.5 Å². The normalized spacial score (nSPS) is 12.2. The standard InChI is InChI=1S/C17H37NO3.C15H33NO3/c1-3-5-6-7-8-9-10-11-12-13-14-18(15-16-19)17(20,21)4-2;1-2-3-4-5-6-7-8-9-10-11-13-16-14-12-15(17,18)19/h19-21H,3-16H2,1-2H3;16-19H,2-14H2,1H3. The lowest BCUT2D eigenvalue weighted by atomic mass is 10.1. The average Bonchev–Trinajstić information content (AvgIpc) is 2.91. The number of unbranched alkanes of at least 4 members (excludes halogenated alkanes) is 18. The molecule has 0 radical (unpaired) electrons. The van der Waals surface area contributed by atoms with Crippen molar-refractivity contribution < 1.29 is 30.6 Å². The third-order valence-corrected chi connectivity index (χ3v) is 7.48. The number of nitrogens with one attached hydrogen (secondary N) is 1. The molecule has 0 bridgehead atoms. The van der Waals surface area contributed by atoms with E-state index in [0.29, 0.717) is 19.6 Å². The van der Waals surface area contributed by atoms with Gasteiger partial charge in [-0.1, -0.05) is 136 Å². The van der Waals surface area contributed by atoms with Crippen molar-refractivity contribution in [1.82, 2.24) is 10.2 Å². The highest BCUT2D eigenvalue weighted by Crippen LogP contribution is 2.15. The van der Waals surface area contributed by atoms with Crippen LogP contribution >= 0.6 is 0 Å². The summed E-state index contributed by atoms with van der Waals surface area (Å²) in [5.41, 5.74) is 0. The predicted octanol–water partition coefficient (Wildman–Crippen LogP) is 5.77. The molecule has 0 aliphatic heterocycles. The monoisotopic (exact) mass is 579 g/mol. The molecular weight excluding hydrogens is 508 g/mol. The van der Waals surface area contributed by atoms with E-state index < -0.39 is 11.9 Å². The van der Waals surface area contributed by atoms with Crippen LogP contribution in [0.4, 0.5) is 0 Å². The molecule has 0 aromatic heterocycles. The van der Waals surface area contributed by atoms with Crippen LogP contribution in [0.2, 0.25) is 0 Å². The van der Waals surface area contributed by atoms with Crippen molar-refractivity contribution in [3.63, 3.8) is 0 Å². The zero-order valence-electron chi connectivity index (χ0n) is 26.7. The Morgan fingerprint density at radius 1 is 0.500 bits per heavy atom. The van der Waals surface area contributed by atoms with Crippen LogP contribution in [-0.4, -0.2) is 80.2 Å². The summed E-state index contributed by atoms with van der Waals surface area (Å²) in [5, 5.41) is 57.7. The van der Waals surface area contributed by atoms with Crippen LogP contribution in [0.1, 0.15) is 162 Å². The lowest BCUT2D eigenvalue weighted by Crippen LogP contribution is -2.49. The molecule has 0 rings (SSSR count). The van der Waals surface area contributed by atoms with Gasteiger partial charge in [-0.05, 0) is 19.4 Å². The van der Waals surface area contributed by atoms with E-state index in [1.165, 1.54) is 109 Å². The lowest BCUT2D eigenvalue weighted by molar-refractivity contribution is -0.313. The largest absolute Gasteiger partial charge is 0.395 e. The van der Waals surface area contributed by atoms with Gasteiger partial charge in [0.05, 0.1) is 6.61 Å². The quantitative estimate of drug-likeness (QED) is 0.0439. The van der Waals surface area contributed by atoms with E-state index in [2.05, 4.69) is 19.2 Å². The van der Waals surface area contributed by atoms with Crippen molar-refractivity contribution in [2.24, 2.45) is 0 Å². The lowest BCUT2D eigenvalue weighted by Gasteiger charge is -2.34. The number of aliphatic hydroxyl groups excluding tert-OH is 1. The Morgan fingerprint density at radius 3 is 1.27 bits per heavy atom. The summed E-state index contributed by atoms with van der Waals surface area (Å²) in [5.74, 6) is -4.30. The van der Waals surface area contributed by atoms with E-state index in [0.717, 1.165) is 25.8 Å². The minimum absolute atomic E-state index is 0.0410. The van der Waals surface area contributed by atoms with Crippen LogP contribution in [0.15, 0.2) is 0 Å². The topological polar surface area (TPSA) is 137 Å². The molecule has 0 saturated heterocycles. The molecule has 0 spiro atoms. The van der Waals surface area contributed by atoms with Gasteiger partial charge in [-0.3, -0.25) is 4.90 Å². The molecule has 0 aromatic rings. The third kappa shape index (κ3) is 32.2. The van der Waals surface area contributed by atoms with Gasteiger partial charge < -0.3 is 36.0 Å². The van der Waals surface area contributed by atoms with E-state index in [1.807, 2.05) is 0 Å². The first-order valence-electron chi connectivity index (χ1n) is 16.8. The minimum atomic E-state index is -2.52. The van der Waals surface area contributed by atoms with Crippen LogP contribution in [0.3, 0.4) is 0 Å². The van der Waals surface area contributed by atoms with Gasteiger partial charge in [0.1, 0.15) is 0 Å². The second-order valence-electron chi connectivity index (χ2n) is 11.5. The maximum atomic E-state index is 9.83. The molecule has 7 N–H and O–H groups in total. The van der Waals surface area contributed by atoms with Crippen molar-refractivity contribution in [2.45, 2.75) is 174 Å². The maximum absolute atomic E-state index is 9.83. The molecule has 0 atom stereocenters. The summed E-state index contributed by atoms with van der Waals surface area (Å²) in [6, 6.07) is 0. The Kier molecular flexibility index (Phi) is 31.5. The Hall–Kier alpha value is -0.320. The summed E-state index contributed by atoms with van der Waals surface area (Å²) >= 11 is 0. The van der Waals surface area contributed by atoms with Crippen LogP contribution in [-0.2, 0) is 0 Å². The van der Waals surface area contributed by atoms with Crippen LogP contribution in [0.25, 0.3) is 0 Å². The summed E-state index contributed by atoms with van der Waals surface area (Å²) in [7, 11) is 0. The Balaban J connectivity index is 0. The molecule has 8 nitrogen and oxygen atoms in total. The zero-order valence-corrected chi connectivity index (χ0v) is 26.7. The molecule has 0 aliphatic carbocycles. The van der Waals surface area contributed by atoms with Crippen molar-refractivity contribution in [3.8, 4) is 0 Å². The van der Waals surface area contributed by atoms with Crippen molar-refractivity contribution >= 4 is 0 Å². The summed E-state index contributed by atoms with van der Waals surface area (Å²) < 4.78 is 0. The molecule has 0 amide bonds. The van der Waals surface area contributed by atoms with E-state index in [-0.39, 0.29) is 19.4 Å². The average molecular weight is 579 g/mol. The second kappa shape index (κ2) is 30.1. The van der Waals surface area contributed by atoms with Gasteiger partial charge in [0.25, 0.3) is 5.97 Å². The number of hydrogen-bond acceptors (Lipinski definition) is 8. The Morgan fingerprint density at radius 2 is 0.900 bits per heavy atom. The molecule has 0 heterocycles. The molecule has 40 heavy (non-hydrogen) atoms. The van der Waals surface area contributed by atoms with Crippen molar-refractivity contribution in [3.05, 3.63) is 0 Å². The molecule has 0 fully saturated rings. The third-order valence-electron chi connectivity index (χ3n) is 7.48. The summed E-state index contributed by atoms with van der Waals surface area (Å²) in [6.07, 6.45) is 26.0. The first kappa shape index (κ1) is 41.8. The van der Waals surface area contributed by atoms with Gasteiger partial charge in [0.15, 0.2) is 0 Å². The van der Waals surface area contributed by atoms with E-state index >= 15 is 0 Å². The highest BCUT2D eigenvalue weighted by molar-refractivity contribution is 4.67. The highest BCUT2D eigenvalue weighted by Gasteiger charge is 2.28. The Bertz CT molecular complexity index is 489. The van der Waals surface area contributed by atoms with Gasteiger partial charge >= 0.3 is 0 Å². The fourth-order valence-electron chi connectivity index (χ4n) is 4.72. The molecule has 0 unspecified atom stereocenters. The second-order valence-corrected chi connectivity index (χ2v) is 11.5. The number of rotatable bonds is 29.